The number of carbonyl (C=O) groups is 3. The van der Waals surface area contributed by atoms with Crippen LogP contribution < -0.4 is 16.4 Å². The Morgan fingerprint density at radius 1 is 1.14 bits per heavy atom. The lowest BCUT2D eigenvalue weighted by atomic mass is 10.1. The Hall–Kier alpha value is -1.47. The van der Waals surface area contributed by atoms with E-state index in [4.69, 9.17) is 5.11 Å². The van der Waals surface area contributed by atoms with E-state index in [1.807, 2.05) is 13.8 Å². The molecule has 0 bridgehead atoms. The van der Waals surface area contributed by atoms with E-state index in [0.717, 1.165) is 25.5 Å². The molecule has 0 aromatic carbocycles. The molecule has 0 spiro atoms. The number of amides is 1. The fraction of sp³-hybridized carbons (Fsp3) is 0.800. The SMILES string of the molecule is CC(C)NC(C=O)CCCCNC(=O)CCCC(=O)O.CN. The van der Waals surface area contributed by atoms with Gasteiger partial charge in [0.25, 0.3) is 0 Å². The Bertz CT molecular complexity index is 309. The lowest BCUT2D eigenvalue weighted by molar-refractivity contribution is -0.137. The van der Waals surface area contributed by atoms with Crippen LogP contribution in [0.15, 0.2) is 0 Å². The Kier molecular flexibility index (Phi) is 16.5. The highest BCUT2D eigenvalue weighted by molar-refractivity contribution is 5.76. The van der Waals surface area contributed by atoms with Crippen molar-refractivity contribution in [2.75, 3.05) is 13.6 Å². The van der Waals surface area contributed by atoms with Crippen molar-refractivity contribution in [1.29, 1.82) is 0 Å². The van der Waals surface area contributed by atoms with Crippen LogP contribution in [0.4, 0.5) is 0 Å². The minimum atomic E-state index is -0.879. The molecule has 0 fully saturated rings. The van der Waals surface area contributed by atoms with Crippen molar-refractivity contribution >= 4 is 18.2 Å². The van der Waals surface area contributed by atoms with Gasteiger partial charge in [-0.2, -0.15) is 0 Å². The molecule has 5 N–H and O–H groups in total. The maximum atomic E-state index is 11.4. The molecule has 7 heteroatoms. The van der Waals surface area contributed by atoms with Crippen LogP contribution in [-0.4, -0.2) is 48.9 Å². The first kappa shape index (κ1) is 22.8. The van der Waals surface area contributed by atoms with Gasteiger partial charge in [0, 0.05) is 25.4 Å². The van der Waals surface area contributed by atoms with Gasteiger partial charge in [-0.15, -0.1) is 0 Å². The molecule has 0 aromatic heterocycles. The molecule has 0 heterocycles. The van der Waals surface area contributed by atoms with Crippen LogP contribution in [0.1, 0.15) is 52.4 Å². The number of rotatable bonds is 12. The molecule has 0 aromatic rings. The zero-order valence-electron chi connectivity index (χ0n) is 13.9. The van der Waals surface area contributed by atoms with Crippen molar-refractivity contribution in [1.82, 2.24) is 10.6 Å². The Morgan fingerprint density at radius 3 is 2.27 bits per heavy atom. The number of nitrogens with two attached hydrogens (primary N) is 1. The normalized spacial score (nSPS) is 11.3. The maximum Gasteiger partial charge on any atom is 0.303 e. The Morgan fingerprint density at radius 2 is 1.77 bits per heavy atom. The molecule has 0 aliphatic heterocycles. The summed E-state index contributed by atoms with van der Waals surface area (Å²) < 4.78 is 0. The highest BCUT2D eigenvalue weighted by Crippen LogP contribution is 2.00. The van der Waals surface area contributed by atoms with Gasteiger partial charge in [0.1, 0.15) is 6.29 Å². The second kappa shape index (κ2) is 15.9. The number of carboxylic acids is 1. The number of aldehydes is 1. The Balaban J connectivity index is 0. The van der Waals surface area contributed by atoms with Crippen LogP contribution >= 0.6 is 0 Å². The number of nitrogens with one attached hydrogen (secondary N) is 2. The predicted octanol–water partition coefficient (Wildman–Crippen LogP) is 0.668. The molecular weight excluding hydrogens is 286 g/mol. The molecule has 130 valence electrons. The summed E-state index contributed by atoms with van der Waals surface area (Å²) in [6, 6.07) is 0.153. The van der Waals surface area contributed by atoms with Gasteiger partial charge < -0.3 is 26.3 Å². The summed E-state index contributed by atoms with van der Waals surface area (Å²) in [6.07, 6.45) is 3.99. The molecule has 7 nitrogen and oxygen atoms in total. The number of hydrogen-bond acceptors (Lipinski definition) is 5. The molecule has 0 rings (SSSR count). The third-order valence-corrected chi connectivity index (χ3v) is 2.77. The molecule has 0 aliphatic rings. The first-order chi connectivity index (χ1) is 10.5. The number of aliphatic carboxylic acids is 1. The van der Waals surface area contributed by atoms with E-state index < -0.39 is 5.97 Å². The minimum Gasteiger partial charge on any atom is -0.481 e. The van der Waals surface area contributed by atoms with E-state index in [2.05, 4.69) is 16.4 Å². The quantitative estimate of drug-likeness (QED) is 0.310. The van der Waals surface area contributed by atoms with Gasteiger partial charge in [0.05, 0.1) is 6.04 Å². The summed E-state index contributed by atoms with van der Waals surface area (Å²) in [6.45, 7) is 4.56. The fourth-order valence-electron chi connectivity index (χ4n) is 1.82. The lowest BCUT2D eigenvalue weighted by Crippen LogP contribution is -2.36. The molecule has 1 atom stereocenters. The molecule has 0 radical (unpaired) electrons. The van der Waals surface area contributed by atoms with Crippen molar-refractivity contribution in [2.24, 2.45) is 5.73 Å². The molecule has 0 aliphatic carbocycles. The maximum absolute atomic E-state index is 11.4. The van der Waals surface area contributed by atoms with Crippen LogP contribution in [0, 0.1) is 0 Å². The zero-order chi connectivity index (χ0) is 17.4. The highest BCUT2D eigenvalue weighted by atomic mass is 16.4. The van der Waals surface area contributed by atoms with Gasteiger partial charge >= 0.3 is 5.97 Å². The van der Waals surface area contributed by atoms with Gasteiger partial charge in [-0.1, -0.05) is 13.8 Å². The second-order valence-corrected chi connectivity index (χ2v) is 5.16. The van der Waals surface area contributed by atoms with Gasteiger partial charge in [-0.05, 0) is 32.7 Å². The van der Waals surface area contributed by atoms with E-state index in [1.54, 1.807) is 0 Å². The number of carboxylic acid groups (broad SMARTS) is 1. The average Bonchev–Trinajstić information content (AvgIpc) is 2.47. The van der Waals surface area contributed by atoms with Crippen LogP contribution in [-0.2, 0) is 14.4 Å². The molecule has 0 saturated carbocycles. The standard InChI is InChI=1S/C14H26N2O4.CH5N/c1-11(2)16-12(10-17)6-3-4-9-15-13(18)7-5-8-14(19)20;1-2/h10-12,16H,3-9H2,1-2H3,(H,15,18)(H,19,20);2H2,1H3. The summed E-state index contributed by atoms with van der Waals surface area (Å²) in [5.74, 6) is -0.992. The first-order valence-electron chi connectivity index (χ1n) is 7.73. The van der Waals surface area contributed by atoms with E-state index in [0.29, 0.717) is 13.0 Å². The third kappa shape index (κ3) is 16.6. The van der Waals surface area contributed by atoms with E-state index in [9.17, 15) is 14.4 Å². The summed E-state index contributed by atoms with van der Waals surface area (Å²) in [4.78, 5) is 32.4. The van der Waals surface area contributed by atoms with Gasteiger partial charge in [-0.25, -0.2) is 0 Å². The van der Waals surface area contributed by atoms with Crippen molar-refractivity contribution in [3.63, 3.8) is 0 Å². The summed E-state index contributed by atoms with van der Waals surface area (Å²) in [7, 11) is 1.50. The van der Waals surface area contributed by atoms with Crippen molar-refractivity contribution in [3.05, 3.63) is 0 Å². The molecule has 1 amide bonds. The van der Waals surface area contributed by atoms with Crippen molar-refractivity contribution in [3.8, 4) is 0 Å². The van der Waals surface area contributed by atoms with Crippen molar-refractivity contribution < 1.29 is 19.5 Å². The zero-order valence-corrected chi connectivity index (χ0v) is 13.9. The van der Waals surface area contributed by atoms with Gasteiger partial charge in [-0.3, -0.25) is 9.59 Å². The first-order valence-corrected chi connectivity index (χ1v) is 7.73. The Labute approximate surface area is 133 Å². The molecule has 0 saturated heterocycles. The summed E-state index contributed by atoms with van der Waals surface area (Å²) >= 11 is 0. The summed E-state index contributed by atoms with van der Waals surface area (Å²) in [5, 5.41) is 14.3. The molecule has 22 heavy (non-hydrogen) atoms. The van der Waals surface area contributed by atoms with Crippen LogP contribution in [0.2, 0.25) is 0 Å². The third-order valence-electron chi connectivity index (χ3n) is 2.77. The predicted molar refractivity (Wildman–Crippen MR) is 86.6 cm³/mol. The average molecular weight is 317 g/mol. The van der Waals surface area contributed by atoms with Crippen molar-refractivity contribution in [2.45, 2.75) is 64.5 Å². The number of unbranched alkanes of at least 4 members (excludes halogenated alkanes) is 1. The minimum absolute atomic E-state index is 0.0231. The monoisotopic (exact) mass is 317 g/mol. The summed E-state index contributed by atoms with van der Waals surface area (Å²) in [5.41, 5.74) is 4.50. The van der Waals surface area contributed by atoms with Gasteiger partial charge in [0.15, 0.2) is 0 Å². The van der Waals surface area contributed by atoms with E-state index in [1.165, 1.54) is 7.05 Å². The highest BCUT2D eigenvalue weighted by Gasteiger charge is 2.08. The second-order valence-electron chi connectivity index (χ2n) is 5.16. The number of hydrogen-bond donors (Lipinski definition) is 4. The van der Waals surface area contributed by atoms with E-state index in [-0.39, 0.29) is 30.8 Å². The van der Waals surface area contributed by atoms with Crippen LogP contribution in [0.5, 0.6) is 0 Å². The smallest absolute Gasteiger partial charge is 0.303 e. The lowest BCUT2D eigenvalue weighted by Gasteiger charge is -2.15. The molecular formula is C15H31N3O4. The van der Waals surface area contributed by atoms with Crippen LogP contribution in [0.25, 0.3) is 0 Å². The number of carbonyl (C=O) groups excluding carboxylic acids is 2. The molecule has 1 unspecified atom stereocenters. The van der Waals surface area contributed by atoms with Gasteiger partial charge in [0.2, 0.25) is 5.91 Å². The fourth-order valence-corrected chi connectivity index (χ4v) is 1.82. The topological polar surface area (TPSA) is 122 Å². The largest absolute Gasteiger partial charge is 0.481 e. The van der Waals surface area contributed by atoms with E-state index >= 15 is 0 Å². The van der Waals surface area contributed by atoms with Crippen LogP contribution in [0.3, 0.4) is 0 Å².